The van der Waals surface area contributed by atoms with Gasteiger partial charge in [-0.3, -0.25) is 15.3 Å². The predicted octanol–water partition coefficient (Wildman–Crippen LogP) is 2.97. The lowest BCUT2D eigenvalue weighted by molar-refractivity contribution is 0.0950. The Morgan fingerprint density at radius 3 is 2.86 bits per heavy atom. The molecule has 0 bridgehead atoms. The number of carbonyl (C=O) groups is 1. The van der Waals surface area contributed by atoms with E-state index in [1.54, 1.807) is 19.1 Å². The van der Waals surface area contributed by atoms with E-state index in [2.05, 4.69) is 31.6 Å². The van der Waals surface area contributed by atoms with Crippen molar-refractivity contribution in [2.45, 2.75) is 13.5 Å². The number of nitrogens with two attached hydrogens (primary N) is 1. The molecular formula is C12H11BrCl2N4O2. The van der Waals surface area contributed by atoms with E-state index < -0.39 is 5.91 Å². The maximum atomic E-state index is 11.7. The van der Waals surface area contributed by atoms with Crippen LogP contribution in [0.15, 0.2) is 16.6 Å². The Morgan fingerprint density at radius 1 is 1.52 bits per heavy atom. The standard InChI is InChI=1S/C12H11BrCl2N4O2/c1-5-10(12(20)17-16)9(19-18-5)4-21-11-7(13)2-6(14)3-8(11)15/h2-3H,4,16H2,1H3,(H,17,20)(H,18,19). The van der Waals surface area contributed by atoms with Crippen LogP contribution in [0, 0.1) is 6.92 Å². The second-order valence-electron chi connectivity index (χ2n) is 4.13. The van der Waals surface area contributed by atoms with Gasteiger partial charge in [0, 0.05) is 10.7 Å². The summed E-state index contributed by atoms with van der Waals surface area (Å²) in [7, 11) is 0. The Bertz CT molecular complexity index is 667. The maximum absolute atomic E-state index is 11.7. The SMILES string of the molecule is Cc1[nH]nc(COc2c(Cl)cc(Cl)cc2Br)c1C(=O)NN. The third-order valence-corrected chi connectivity index (χ3v) is 3.78. The topological polar surface area (TPSA) is 93.0 Å². The molecule has 0 aliphatic carbocycles. The summed E-state index contributed by atoms with van der Waals surface area (Å²) in [5, 5.41) is 7.58. The molecule has 0 fully saturated rings. The Labute approximate surface area is 139 Å². The van der Waals surface area contributed by atoms with Crippen molar-refractivity contribution in [2.24, 2.45) is 5.84 Å². The molecule has 9 heteroatoms. The number of H-pyrrole nitrogens is 1. The van der Waals surface area contributed by atoms with Gasteiger partial charge in [0.05, 0.1) is 15.1 Å². The summed E-state index contributed by atoms with van der Waals surface area (Å²) in [4.78, 5) is 11.7. The van der Waals surface area contributed by atoms with E-state index in [-0.39, 0.29) is 6.61 Å². The van der Waals surface area contributed by atoms with Gasteiger partial charge in [-0.05, 0) is 35.0 Å². The van der Waals surface area contributed by atoms with E-state index in [1.807, 2.05) is 0 Å². The molecule has 1 aromatic carbocycles. The Kier molecular flexibility index (Phi) is 5.10. The number of hydrazine groups is 1. The summed E-state index contributed by atoms with van der Waals surface area (Å²) in [5.41, 5.74) is 3.44. The quantitative estimate of drug-likeness (QED) is 0.423. The van der Waals surface area contributed by atoms with Crippen LogP contribution in [-0.2, 0) is 6.61 Å². The first kappa shape index (κ1) is 16.1. The zero-order chi connectivity index (χ0) is 15.6. The van der Waals surface area contributed by atoms with Crippen molar-refractivity contribution >= 4 is 45.0 Å². The van der Waals surface area contributed by atoms with Gasteiger partial charge in [0.2, 0.25) is 0 Å². The molecule has 21 heavy (non-hydrogen) atoms. The summed E-state index contributed by atoms with van der Waals surface area (Å²) in [5.74, 6) is 5.12. The summed E-state index contributed by atoms with van der Waals surface area (Å²) in [6, 6.07) is 3.22. The average Bonchev–Trinajstić information content (AvgIpc) is 2.78. The zero-order valence-electron chi connectivity index (χ0n) is 10.8. The van der Waals surface area contributed by atoms with Crippen molar-refractivity contribution in [3.05, 3.63) is 43.6 Å². The Balaban J connectivity index is 2.24. The summed E-state index contributed by atoms with van der Waals surface area (Å²) >= 11 is 15.3. The van der Waals surface area contributed by atoms with Crippen molar-refractivity contribution < 1.29 is 9.53 Å². The normalized spacial score (nSPS) is 10.5. The molecule has 0 atom stereocenters. The van der Waals surface area contributed by atoms with Gasteiger partial charge < -0.3 is 4.74 Å². The van der Waals surface area contributed by atoms with Crippen LogP contribution in [0.3, 0.4) is 0 Å². The number of hydrogen-bond acceptors (Lipinski definition) is 4. The molecule has 0 saturated carbocycles. The number of aryl methyl sites for hydroxylation is 1. The number of nitrogen functional groups attached to an aromatic ring is 1. The number of hydrogen-bond donors (Lipinski definition) is 3. The lowest BCUT2D eigenvalue weighted by Gasteiger charge is -2.10. The Morgan fingerprint density at radius 2 is 2.24 bits per heavy atom. The molecule has 112 valence electrons. The van der Waals surface area contributed by atoms with Gasteiger partial charge in [0.1, 0.15) is 12.3 Å². The largest absolute Gasteiger partial charge is 0.484 e. The van der Waals surface area contributed by atoms with Gasteiger partial charge >= 0.3 is 0 Å². The number of nitrogens with one attached hydrogen (secondary N) is 2. The molecule has 2 rings (SSSR count). The third-order valence-electron chi connectivity index (χ3n) is 2.70. The van der Waals surface area contributed by atoms with E-state index in [4.69, 9.17) is 33.8 Å². The molecule has 2 aromatic rings. The van der Waals surface area contributed by atoms with Crippen molar-refractivity contribution in [2.75, 3.05) is 0 Å². The van der Waals surface area contributed by atoms with E-state index >= 15 is 0 Å². The lowest BCUT2D eigenvalue weighted by atomic mass is 10.2. The van der Waals surface area contributed by atoms with Crippen molar-refractivity contribution in [1.82, 2.24) is 15.6 Å². The fraction of sp³-hybridized carbons (Fsp3) is 0.167. The minimum absolute atomic E-state index is 0.0487. The molecular weight excluding hydrogens is 383 g/mol. The van der Waals surface area contributed by atoms with Gasteiger partial charge in [0.15, 0.2) is 5.75 Å². The fourth-order valence-electron chi connectivity index (χ4n) is 1.76. The molecule has 6 nitrogen and oxygen atoms in total. The number of rotatable bonds is 4. The van der Waals surface area contributed by atoms with Crippen LogP contribution in [0.4, 0.5) is 0 Å². The molecule has 0 aliphatic heterocycles. The number of ether oxygens (including phenoxy) is 1. The first-order valence-corrected chi connectivity index (χ1v) is 7.31. The monoisotopic (exact) mass is 392 g/mol. The molecule has 1 heterocycles. The number of carbonyl (C=O) groups excluding carboxylic acids is 1. The highest BCUT2D eigenvalue weighted by atomic mass is 79.9. The van der Waals surface area contributed by atoms with Crippen LogP contribution in [0.5, 0.6) is 5.75 Å². The molecule has 0 unspecified atom stereocenters. The molecule has 0 spiro atoms. The predicted molar refractivity (Wildman–Crippen MR) is 83.5 cm³/mol. The number of benzene rings is 1. The van der Waals surface area contributed by atoms with E-state index in [0.29, 0.717) is 37.2 Å². The molecule has 4 N–H and O–H groups in total. The highest BCUT2D eigenvalue weighted by molar-refractivity contribution is 9.10. The highest BCUT2D eigenvalue weighted by Crippen LogP contribution is 2.36. The van der Waals surface area contributed by atoms with E-state index in [0.717, 1.165) is 0 Å². The van der Waals surface area contributed by atoms with Gasteiger partial charge in [-0.25, -0.2) is 5.84 Å². The van der Waals surface area contributed by atoms with Crippen molar-refractivity contribution in [3.8, 4) is 5.75 Å². The number of aromatic amines is 1. The van der Waals surface area contributed by atoms with Gasteiger partial charge in [0.25, 0.3) is 5.91 Å². The minimum Gasteiger partial charge on any atom is -0.484 e. The average molecular weight is 394 g/mol. The smallest absolute Gasteiger partial charge is 0.269 e. The van der Waals surface area contributed by atoms with Crippen LogP contribution in [0.1, 0.15) is 21.7 Å². The molecule has 1 aromatic heterocycles. The van der Waals surface area contributed by atoms with E-state index in [1.165, 1.54) is 0 Å². The molecule has 0 aliphatic rings. The zero-order valence-corrected chi connectivity index (χ0v) is 13.9. The number of nitrogens with zero attached hydrogens (tertiary/aromatic N) is 1. The first-order valence-electron chi connectivity index (χ1n) is 5.76. The summed E-state index contributed by atoms with van der Waals surface area (Å²) in [6.07, 6.45) is 0. The summed E-state index contributed by atoms with van der Waals surface area (Å²) in [6.45, 7) is 1.76. The first-order chi connectivity index (χ1) is 9.93. The Hall–Kier alpha value is -1.28. The minimum atomic E-state index is -0.443. The number of amides is 1. The van der Waals surface area contributed by atoms with Crippen LogP contribution in [-0.4, -0.2) is 16.1 Å². The number of aromatic nitrogens is 2. The highest BCUT2D eigenvalue weighted by Gasteiger charge is 2.18. The molecule has 0 saturated heterocycles. The van der Waals surface area contributed by atoms with E-state index in [9.17, 15) is 4.79 Å². The fourth-order valence-corrected chi connectivity index (χ4v) is 3.13. The maximum Gasteiger partial charge on any atom is 0.269 e. The third kappa shape index (κ3) is 3.49. The van der Waals surface area contributed by atoms with Gasteiger partial charge in [-0.2, -0.15) is 5.10 Å². The van der Waals surface area contributed by atoms with Gasteiger partial charge in [-0.1, -0.05) is 23.2 Å². The van der Waals surface area contributed by atoms with Gasteiger partial charge in [-0.15, -0.1) is 0 Å². The molecule has 0 radical (unpaired) electrons. The van der Waals surface area contributed by atoms with Crippen molar-refractivity contribution in [3.63, 3.8) is 0 Å². The second kappa shape index (κ2) is 6.65. The van der Waals surface area contributed by atoms with Crippen LogP contribution < -0.4 is 16.0 Å². The van der Waals surface area contributed by atoms with Crippen LogP contribution in [0.2, 0.25) is 10.0 Å². The van der Waals surface area contributed by atoms with Crippen molar-refractivity contribution in [1.29, 1.82) is 0 Å². The lowest BCUT2D eigenvalue weighted by Crippen LogP contribution is -2.31. The second-order valence-corrected chi connectivity index (χ2v) is 5.83. The molecule has 1 amide bonds. The van der Waals surface area contributed by atoms with Crippen LogP contribution in [0.25, 0.3) is 0 Å². The van der Waals surface area contributed by atoms with Crippen LogP contribution >= 0.6 is 39.1 Å². The number of halogens is 3. The summed E-state index contributed by atoms with van der Waals surface area (Å²) < 4.78 is 6.22.